The molecule has 32 heavy (non-hydrogen) atoms. The van der Waals surface area contributed by atoms with Crippen molar-refractivity contribution in [1.82, 2.24) is 28.0 Å². The van der Waals surface area contributed by atoms with Crippen LogP contribution in [0.25, 0.3) is 16.9 Å². The lowest BCUT2D eigenvalue weighted by molar-refractivity contribution is 0.0364. The highest BCUT2D eigenvalue weighted by molar-refractivity contribution is 6.30. The van der Waals surface area contributed by atoms with Gasteiger partial charge in [0.2, 0.25) is 5.78 Å². The Kier molecular flexibility index (Phi) is 5.40. The first-order valence-electron chi connectivity index (χ1n) is 10.7. The second-order valence-corrected chi connectivity index (χ2v) is 8.63. The number of aromatic nitrogens is 5. The molecule has 5 rings (SSSR count). The van der Waals surface area contributed by atoms with E-state index >= 15 is 0 Å². The molecular formula is C22H25ClN6O3. The van der Waals surface area contributed by atoms with Gasteiger partial charge in [-0.2, -0.15) is 4.98 Å². The summed E-state index contributed by atoms with van der Waals surface area (Å²) in [5.41, 5.74) is 1.82. The van der Waals surface area contributed by atoms with Crippen molar-refractivity contribution in [2.45, 2.75) is 20.0 Å². The zero-order valence-electron chi connectivity index (χ0n) is 18.1. The summed E-state index contributed by atoms with van der Waals surface area (Å²) in [5, 5.41) is 0.563. The summed E-state index contributed by atoms with van der Waals surface area (Å²) in [6, 6.07) is 7.18. The standard InChI is InChI=1S/C22H25ClN6O3/c1-15-13-28-18-19(24-21(28)27(15)7-6-26-8-10-32-11-9-26)25(2)22(31)29(20(18)30)14-16-4-3-5-17(23)12-16/h3-5,12-13H,6-11,14H2,1-2H3. The molecule has 0 spiro atoms. The molecule has 0 amide bonds. The highest BCUT2D eigenvalue weighted by Gasteiger charge is 2.21. The molecule has 4 heterocycles. The number of hydrogen-bond donors (Lipinski definition) is 0. The topological polar surface area (TPSA) is 78.7 Å². The Hall–Kier alpha value is -2.88. The van der Waals surface area contributed by atoms with E-state index in [0.29, 0.717) is 22.0 Å². The molecule has 168 valence electrons. The molecule has 4 aromatic rings. The van der Waals surface area contributed by atoms with Crippen LogP contribution in [0.15, 0.2) is 40.1 Å². The van der Waals surface area contributed by atoms with E-state index in [1.165, 1.54) is 9.13 Å². The normalized spacial score (nSPS) is 15.2. The van der Waals surface area contributed by atoms with E-state index in [4.69, 9.17) is 21.3 Å². The van der Waals surface area contributed by atoms with Gasteiger partial charge in [-0.25, -0.2) is 4.79 Å². The Labute approximate surface area is 189 Å². The van der Waals surface area contributed by atoms with Crippen molar-refractivity contribution in [3.8, 4) is 0 Å². The average Bonchev–Trinajstić information content (AvgIpc) is 3.29. The lowest BCUT2D eigenvalue weighted by Gasteiger charge is -2.26. The molecule has 0 radical (unpaired) electrons. The van der Waals surface area contributed by atoms with Crippen LogP contribution in [0.3, 0.4) is 0 Å². The van der Waals surface area contributed by atoms with E-state index in [9.17, 15) is 9.59 Å². The van der Waals surface area contributed by atoms with Crippen LogP contribution in [0.1, 0.15) is 11.3 Å². The Bertz CT molecular complexity index is 1420. The fourth-order valence-corrected chi connectivity index (χ4v) is 4.57. The number of aryl methyl sites for hydroxylation is 2. The highest BCUT2D eigenvalue weighted by atomic mass is 35.5. The van der Waals surface area contributed by atoms with E-state index in [1.807, 2.05) is 19.2 Å². The molecule has 0 saturated carbocycles. The number of hydrogen-bond acceptors (Lipinski definition) is 5. The SMILES string of the molecule is Cc1cn2c3c(=O)n(Cc4cccc(Cl)c4)c(=O)n(C)c3nc2n1CCN1CCOCC1. The molecule has 0 unspecified atom stereocenters. The van der Waals surface area contributed by atoms with Crippen LogP contribution in [0.5, 0.6) is 0 Å². The molecule has 0 N–H and O–H groups in total. The minimum absolute atomic E-state index is 0.145. The average molecular weight is 457 g/mol. The van der Waals surface area contributed by atoms with Crippen LogP contribution in [-0.2, 0) is 24.9 Å². The van der Waals surface area contributed by atoms with E-state index < -0.39 is 5.69 Å². The third-order valence-corrected chi connectivity index (χ3v) is 6.35. The van der Waals surface area contributed by atoms with Crippen LogP contribution in [0.2, 0.25) is 5.02 Å². The molecule has 1 aliphatic rings. The van der Waals surface area contributed by atoms with Crippen LogP contribution in [0.4, 0.5) is 0 Å². The summed E-state index contributed by atoms with van der Waals surface area (Å²) in [7, 11) is 1.65. The summed E-state index contributed by atoms with van der Waals surface area (Å²) in [5.74, 6) is 0.665. The Morgan fingerprint density at radius 2 is 1.91 bits per heavy atom. The maximum atomic E-state index is 13.4. The Balaban J connectivity index is 1.59. The Morgan fingerprint density at radius 3 is 2.66 bits per heavy atom. The molecule has 1 fully saturated rings. The number of morpholine rings is 1. The lowest BCUT2D eigenvalue weighted by Crippen LogP contribution is -2.39. The third-order valence-electron chi connectivity index (χ3n) is 6.11. The van der Waals surface area contributed by atoms with Gasteiger partial charge in [0.15, 0.2) is 11.2 Å². The summed E-state index contributed by atoms with van der Waals surface area (Å²) in [4.78, 5) is 33.5. The zero-order valence-corrected chi connectivity index (χ0v) is 18.9. The van der Waals surface area contributed by atoms with Crippen LogP contribution in [0, 0.1) is 6.92 Å². The van der Waals surface area contributed by atoms with Crippen molar-refractivity contribution in [1.29, 1.82) is 0 Å². The van der Waals surface area contributed by atoms with Gasteiger partial charge in [-0.1, -0.05) is 23.7 Å². The second-order valence-electron chi connectivity index (χ2n) is 8.19. The predicted octanol–water partition coefficient (Wildman–Crippen LogP) is 1.49. The number of fused-ring (bicyclic) bond motifs is 3. The molecule has 10 heteroatoms. The molecule has 0 atom stereocenters. The van der Waals surface area contributed by atoms with E-state index in [2.05, 4.69) is 9.47 Å². The smallest absolute Gasteiger partial charge is 0.332 e. The lowest BCUT2D eigenvalue weighted by atomic mass is 10.2. The number of nitrogens with zero attached hydrogens (tertiary/aromatic N) is 6. The Morgan fingerprint density at radius 1 is 1.12 bits per heavy atom. The summed E-state index contributed by atoms with van der Waals surface area (Å²) >= 11 is 6.09. The molecule has 9 nitrogen and oxygen atoms in total. The van der Waals surface area contributed by atoms with Gasteiger partial charge in [-0.15, -0.1) is 0 Å². The van der Waals surface area contributed by atoms with Crippen LogP contribution >= 0.6 is 11.6 Å². The van der Waals surface area contributed by atoms with Crippen molar-refractivity contribution in [3.05, 3.63) is 67.6 Å². The van der Waals surface area contributed by atoms with E-state index in [0.717, 1.165) is 50.7 Å². The number of halogens is 1. The fraction of sp³-hybridized carbons (Fsp3) is 0.409. The first kappa shape index (κ1) is 21.0. The highest BCUT2D eigenvalue weighted by Crippen LogP contribution is 2.17. The number of benzene rings is 1. The molecular weight excluding hydrogens is 432 g/mol. The first-order chi connectivity index (χ1) is 15.4. The molecule has 1 saturated heterocycles. The number of imidazole rings is 2. The molecule has 1 aliphatic heterocycles. The van der Waals surface area contributed by atoms with Gasteiger partial charge < -0.3 is 9.30 Å². The molecule has 0 bridgehead atoms. The van der Waals surface area contributed by atoms with Crippen LogP contribution < -0.4 is 11.2 Å². The van der Waals surface area contributed by atoms with Crippen molar-refractivity contribution in [2.24, 2.45) is 7.05 Å². The summed E-state index contributed by atoms with van der Waals surface area (Å²) < 4.78 is 12.0. The monoisotopic (exact) mass is 456 g/mol. The molecule has 0 aliphatic carbocycles. The summed E-state index contributed by atoms with van der Waals surface area (Å²) in [6.07, 6.45) is 1.92. The van der Waals surface area contributed by atoms with Gasteiger partial charge in [0.25, 0.3) is 5.56 Å². The van der Waals surface area contributed by atoms with Gasteiger partial charge in [0.1, 0.15) is 0 Å². The van der Waals surface area contributed by atoms with Crippen molar-refractivity contribution in [2.75, 3.05) is 32.8 Å². The fourth-order valence-electron chi connectivity index (χ4n) is 4.35. The van der Waals surface area contributed by atoms with Gasteiger partial charge in [-0.3, -0.25) is 23.2 Å². The van der Waals surface area contributed by atoms with Gasteiger partial charge in [-0.05, 0) is 24.6 Å². The maximum Gasteiger partial charge on any atom is 0.332 e. The van der Waals surface area contributed by atoms with E-state index in [1.54, 1.807) is 29.6 Å². The van der Waals surface area contributed by atoms with Crippen molar-refractivity contribution in [3.63, 3.8) is 0 Å². The minimum atomic E-state index is -0.403. The third kappa shape index (κ3) is 3.56. The largest absolute Gasteiger partial charge is 0.379 e. The molecule has 3 aromatic heterocycles. The van der Waals surface area contributed by atoms with Crippen molar-refractivity contribution < 1.29 is 4.74 Å². The second kappa shape index (κ2) is 8.23. The minimum Gasteiger partial charge on any atom is -0.379 e. The maximum absolute atomic E-state index is 13.4. The van der Waals surface area contributed by atoms with Gasteiger partial charge in [0.05, 0.1) is 19.8 Å². The zero-order chi connectivity index (χ0) is 22.4. The predicted molar refractivity (Wildman–Crippen MR) is 123 cm³/mol. The first-order valence-corrected chi connectivity index (χ1v) is 11.0. The molecule has 1 aromatic carbocycles. The quantitative estimate of drug-likeness (QED) is 0.454. The number of rotatable bonds is 5. The van der Waals surface area contributed by atoms with Crippen molar-refractivity contribution >= 4 is 28.5 Å². The van der Waals surface area contributed by atoms with Crippen LogP contribution in [-0.4, -0.2) is 60.8 Å². The van der Waals surface area contributed by atoms with Gasteiger partial charge >= 0.3 is 5.69 Å². The number of ether oxygens (including phenoxy) is 1. The van der Waals surface area contributed by atoms with E-state index in [-0.39, 0.29) is 12.1 Å². The summed E-state index contributed by atoms with van der Waals surface area (Å²) in [6.45, 7) is 7.10. The van der Waals surface area contributed by atoms with Gasteiger partial charge in [0, 0.05) is 50.1 Å².